The number of aryl methyl sites for hydroxylation is 1. The van der Waals surface area contributed by atoms with Gasteiger partial charge in [0, 0.05) is 50.0 Å². The molecule has 2 heterocycles. The Labute approximate surface area is 525 Å². The lowest BCUT2D eigenvalue weighted by Crippen LogP contribution is -2.34. The summed E-state index contributed by atoms with van der Waals surface area (Å²) in [6.07, 6.45) is 9.94. The first-order valence-corrected chi connectivity index (χ1v) is 31.0. The summed E-state index contributed by atoms with van der Waals surface area (Å²) in [5, 5.41) is 0. The molecule has 488 valence electrons. The number of amides is 2. The van der Waals surface area contributed by atoms with E-state index in [1.54, 1.807) is 50.8 Å². The Morgan fingerprint density at radius 3 is 1.12 bits per heavy atom. The molecule has 0 aliphatic heterocycles. The van der Waals surface area contributed by atoms with Gasteiger partial charge in [0.1, 0.15) is 30.5 Å². The van der Waals surface area contributed by atoms with E-state index in [0.717, 1.165) is 39.2 Å². The summed E-state index contributed by atoms with van der Waals surface area (Å²) in [4.78, 5) is 36.5. The molecule has 2 amide bonds. The number of carbonyl (C=O) groups is 2. The predicted molar refractivity (Wildman–Crippen MR) is 340 cm³/mol. The normalized spacial score (nSPS) is 12.1. The lowest BCUT2D eigenvalue weighted by Gasteiger charge is -2.24. The molecule has 0 atom stereocenters. The molecule has 0 bridgehead atoms. The number of hydrogen-bond donors (Lipinski definition) is 0. The Kier molecular flexibility index (Phi) is 32.7. The fourth-order valence-electron chi connectivity index (χ4n) is 7.46. The number of aromatic nitrogens is 2. The maximum Gasteiger partial charge on any atom is 0.414 e. The number of rotatable bonds is 42. The summed E-state index contributed by atoms with van der Waals surface area (Å²) >= 11 is 0. The van der Waals surface area contributed by atoms with Crippen LogP contribution in [-0.2, 0) is 66.4 Å². The van der Waals surface area contributed by atoms with Crippen LogP contribution in [0.15, 0.2) is 114 Å². The summed E-state index contributed by atoms with van der Waals surface area (Å²) in [6, 6.07) is 29.0. The molecular weight excluding hydrogens is 1170 g/mol. The van der Waals surface area contributed by atoms with Crippen molar-refractivity contribution in [3.8, 4) is 11.8 Å². The highest BCUT2D eigenvalue weighted by Gasteiger charge is 2.22. The molecule has 0 saturated carbocycles. The van der Waals surface area contributed by atoms with Crippen molar-refractivity contribution in [2.75, 3.05) is 156 Å². The van der Waals surface area contributed by atoms with Gasteiger partial charge >= 0.3 is 12.2 Å². The van der Waals surface area contributed by atoms with Crippen LogP contribution in [0.3, 0.4) is 0 Å². The lowest BCUT2D eigenvalue weighted by atomic mass is 10.1. The van der Waals surface area contributed by atoms with Crippen LogP contribution in [0.1, 0.15) is 69.4 Å². The van der Waals surface area contributed by atoms with Gasteiger partial charge in [-0.1, -0.05) is 66.3 Å². The van der Waals surface area contributed by atoms with Gasteiger partial charge in [-0.3, -0.25) is 14.0 Å². The number of ether oxygens (including phenoxy) is 13. The maximum absolute atomic E-state index is 12.7. The zero-order valence-electron chi connectivity index (χ0n) is 53.0. The molecule has 89 heavy (non-hydrogen) atoms. The first-order chi connectivity index (χ1) is 42.7. The average molecular weight is 1260 g/mol. The second-order valence-electron chi connectivity index (χ2n) is 21.9. The fourth-order valence-corrected chi connectivity index (χ4v) is 8.35. The third kappa shape index (κ3) is 31.4. The second-order valence-corrected chi connectivity index (χ2v) is 23.5. The van der Waals surface area contributed by atoms with E-state index in [1.165, 1.54) is 21.9 Å². The van der Waals surface area contributed by atoms with E-state index >= 15 is 0 Å². The molecule has 23 heteroatoms. The van der Waals surface area contributed by atoms with E-state index in [-0.39, 0.29) is 44.5 Å². The molecule has 0 saturated heterocycles. The maximum atomic E-state index is 12.7. The van der Waals surface area contributed by atoms with Crippen LogP contribution in [0.25, 0.3) is 24.3 Å². The van der Waals surface area contributed by atoms with Gasteiger partial charge in [0.15, 0.2) is 0 Å². The Balaban J connectivity index is 0.851. The molecule has 0 N–H and O–H groups in total. The largest absolute Gasteiger partial charge is 0.475 e. The number of carbonyl (C=O) groups excluding carboxylic acids is 2. The number of benzene rings is 3. The van der Waals surface area contributed by atoms with E-state index in [4.69, 9.17) is 65.8 Å². The minimum absolute atomic E-state index is 0.0116. The van der Waals surface area contributed by atoms with Gasteiger partial charge < -0.3 is 61.6 Å². The van der Waals surface area contributed by atoms with Gasteiger partial charge in [-0.05, 0) is 119 Å². The molecule has 0 aliphatic carbocycles. The van der Waals surface area contributed by atoms with Crippen LogP contribution in [-0.4, -0.2) is 194 Å². The van der Waals surface area contributed by atoms with Crippen molar-refractivity contribution in [2.45, 2.75) is 70.7 Å². The molecule has 0 radical (unpaired) electrons. The smallest absolute Gasteiger partial charge is 0.414 e. The Bertz CT molecular complexity index is 2780. The highest BCUT2D eigenvalue weighted by atomic mass is 32.2. The van der Waals surface area contributed by atoms with Crippen molar-refractivity contribution in [3.05, 3.63) is 137 Å². The highest BCUT2D eigenvalue weighted by molar-refractivity contribution is 7.86. The quantitative estimate of drug-likeness (QED) is 0.0261. The fraction of sp³-hybridized carbons (Fsp3) is 0.485. The van der Waals surface area contributed by atoms with Crippen LogP contribution in [0.4, 0.5) is 21.0 Å². The topological polar surface area (TPSA) is 230 Å². The Hall–Kier alpha value is -6.87. The molecule has 3 aromatic carbocycles. The number of anilines is 2. The molecular formula is C66H90N4O18S. The summed E-state index contributed by atoms with van der Waals surface area (Å²) in [7, 11) is -0.587. The van der Waals surface area contributed by atoms with Crippen molar-refractivity contribution in [2.24, 2.45) is 0 Å². The number of nitrogens with zero attached hydrogens (tertiary/aromatic N) is 4. The summed E-state index contributed by atoms with van der Waals surface area (Å²) in [5.74, 6) is 0.978. The van der Waals surface area contributed by atoms with Crippen molar-refractivity contribution < 1.29 is 83.8 Å². The van der Waals surface area contributed by atoms with Gasteiger partial charge in [-0.25, -0.2) is 19.6 Å². The molecule has 0 aliphatic rings. The second kappa shape index (κ2) is 40.0. The predicted octanol–water partition coefficient (Wildman–Crippen LogP) is 10.2. The highest BCUT2D eigenvalue weighted by Crippen LogP contribution is 2.22. The van der Waals surface area contributed by atoms with Gasteiger partial charge in [0.25, 0.3) is 10.1 Å². The molecule has 0 unspecified atom stereocenters. The van der Waals surface area contributed by atoms with Gasteiger partial charge in [-0.15, -0.1) is 0 Å². The minimum atomic E-state index is -3.95. The van der Waals surface area contributed by atoms with E-state index in [9.17, 15) is 18.0 Å². The lowest BCUT2D eigenvalue weighted by molar-refractivity contribution is -0.0797. The zero-order valence-corrected chi connectivity index (χ0v) is 53.8. The summed E-state index contributed by atoms with van der Waals surface area (Å²) in [6.45, 7) is 18.7. The number of hydrogen-bond acceptors (Lipinski definition) is 20. The van der Waals surface area contributed by atoms with Crippen LogP contribution in [0, 0.1) is 6.92 Å². The minimum Gasteiger partial charge on any atom is -0.475 e. The first-order valence-electron chi connectivity index (χ1n) is 29.6. The van der Waals surface area contributed by atoms with Crippen molar-refractivity contribution in [1.29, 1.82) is 0 Å². The SMILES string of the molecule is Cc1ccc(S(=O)(=O)OCCOC(COCCOCCOCCOCCOc2ccc(/C=C/c3ccc(N(C)C(=O)OC(C)(C)C)cc3)cn2)COCCOCCOCCOCCOc2ccc(/C=C/c3ccc(N(C)C(=O)OC(C)(C)C)cc3)cn2)cc1. The van der Waals surface area contributed by atoms with Crippen molar-refractivity contribution in [3.63, 3.8) is 0 Å². The molecule has 0 fully saturated rings. The Morgan fingerprint density at radius 1 is 0.438 bits per heavy atom. The van der Waals surface area contributed by atoms with E-state index in [1.807, 2.05) is 133 Å². The monoisotopic (exact) mass is 1260 g/mol. The average Bonchev–Trinajstić information content (AvgIpc) is 3.69. The van der Waals surface area contributed by atoms with E-state index in [0.29, 0.717) is 104 Å². The molecule has 0 spiro atoms. The third-order valence-electron chi connectivity index (χ3n) is 12.1. The number of pyridine rings is 2. The third-order valence-corrected chi connectivity index (χ3v) is 13.5. The van der Waals surface area contributed by atoms with Gasteiger partial charge in [0.05, 0.1) is 124 Å². The van der Waals surface area contributed by atoms with Gasteiger partial charge in [0.2, 0.25) is 11.8 Å². The molecule has 5 aromatic rings. The Morgan fingerprint density at radius 2 is 0.775 bits per heavy atom. The summed E-state index contributed by atoms with van der Waals surface area (Å²) < 4.78 is 104. The van der Waals surface area contributed by atoms with Crippen molar-refractivity contribution in [1.82, 2.24) is 9.97 Å². The molecule has 22 nitrogen and oxygen atoms in total. The molecule has 5 rings (SSSR count). The summed E-state index contributed by atoms with van der Waals surface area (Å²) in [5.41, 5.74) is 5.00. The van der Waals surface area contributed by atoms with E-state index < -0.39 is 39.6 Å². The molecule has 2 aromatic heterocycles. The zero-order chi connectivity index (χ0) is 64.2. The van der Waals surface area contributed by atoms with Gasteiger partial charge in [-0.2, -0.15) is 8.42 Å². The standard InChI is InChI=1S/C66H90N4O18S/c1-52-10-26-60(27-11-52)89(73,74)86-47-46-83-59(50-81-40-38-77-32-30-75-34-36-79-42-44-84-61-28-20-55(48-67-61)14-12-53-16-22-57(23-17-53)69(8)63(71)87-65(2,3)4)51-82-41-39-78-33-31-76-35-37-80-43-45-85-62-29-21-56(49-68-62)15-13-54-18-24-58(25-19-54)70(9)64(72)88-66(5,6)7/h10-29,48-49,59H,30-47,50-51H2,1-9H3/b14-12+,15-13+. The van der Waals surface area contributed by atoms with Crippen molar-refractivity contribution >= 4 is 58.0 Å². The van der Waals surface area contributed by atoms with E-state index in [2.05, 4.69) is 9.97 Å². The van der Waals surface area contributed by atoms with Crippen LogP contribution >= 0.6 is 0 Å². The first kappa shape index (κ1) is 72.9. The van der Waals surface area contributed by atoms with Crippen LogP contribution in [0.5, 0.6) is 11.8 Å². The van der Waals surface area contributed by atoms with Crippen LogP contribution < -0.4 is 19.3 Å². The van der Waals surface area contributed by atoms with Crippen LogP contribution in [0.2, 0.25) is 0 Å².